The first-order chi connectivity index (χ1) is 18.5. The summed E-state index contributed by atoms with van der Waals surface area (Å²) in [5.41, 5.74) is 0.296. The third-order valence-corrected chi connectivity index (χ3v) is 8.70. The van der Waals surface area contributed by atoms with Crippen molar-refractivity contribution in [3.8, 4) is 11.3 Å². The third-order valence-electron chi connectivity index (χ3n) is 7.41. The average Bonchev–Trinajstić information content (AvgIpc) is 3.61. The number of aromatic nitrogens is 1. The normalized spacial score (nSPS) is 24.6. The number of anilines is 1. The topological polar surface area (TPSA) is 95.1 Å². The summed E-state index contributed by atoms with van der Waals surface area (Å²) in [5.74, 6) is -1.29. The first-order valence-corrected chi connectivity index (χ1v) is 14.4. The lowest BCUT2D eigenvalue weighted by molar-refractivity contribution is -0.138. The number of likely N-dealkylation sites (N-methyl/N-ethyl adjacent to an activating group) is 1. The number of hydrogen-bond donors (Lipinski definition) is 1. The number of halogens is 2. The summed E-state index contributed by atoms with van der Waals surface area (Å²) in [6.45, 7) is 6.54. The highest BCUT2D eigenvalue weighted by molar-refractivity contribution is 7.14. The molecule has 1 unspecified atom stereocenters. The van der Waals surface area contributed by atoms with Gasteiger partial charge >= 0.3 is 0 Å². The van der Waals surface area contributed by atoms with E-state index in [0.29, 0.717) is 5.56 Å². The quantitative estimate of drug-likeness (QED) is 0.506. The molecule has 2 amide bonds. The lowest BCUT2D eigenvalue weighted by Crippen LogP contribution is -2.53. The van der Waals surface area contributed by atoms with Gasteiger partial charge in [-0.05, 0) is 33.0 Å². The standard InChI is InChI=1S/C27H33ClFN5O4S/c1-27(2,29)12-19(25(37)34-13-18(28)23-22(34)21(35)14-38-23)30-24(36)17-6-4-16(5-7-17)20-15-39-26(31-20)33-10-8-32(3)9-11-33/h4-7,15,18-19,22-23H,8-14H2,1-3H3,(H,30,36)/t18-,19?,22-,23-/m1/s1. The van der Waals surface area contributed by atoms with Crippen molar-refractivity contribution in [2.45, 2.75) is 49.5 Å². The van der Waals surface area contributed by atoms with Crippen LogP contribution in [-0.2, 0) is 14.3 Å². The minimum absolute atomic E-state index is 0.0962. The number of piperazine rings is 1. The van der Waals surface area contributed by atoms with E-state index in [4.69, 9.17) is 21.3 Å². The monoisotopic (exact) mass is 577 g/mol. The van der Waals surface area contributed by atoms with Crippen molar-refractivity contribution < 1.29 is 23.5 Å². The summed E-state index contributed by atoms with van der Waals surface area (Å²) in [6, 6.07) is 4.97. The van der Waals surface area contributed by atoms with Crippen molar-refractivity contribution in [2.75, 3.05) is 51.3 Å². The minimum atomic E-state index is -1.74. The maximum Gasteiger partial charge on any atom is 0.251 e. The Kier molecular flexibility index (Phi) is 7.96. The molecule has 5 rings (SSSR count). The molecule has 3 aliphatic rings. The molecule has 210 valence electrons. The van der Waals surface area contributed by atoms with Gasteiger partial charge in [0.15, 0.2) is 10.9 Å². The first kappa shape index (κ1) is 27.9. The van der Waals surface area contributed by atoms with E-state index in [1.54, 1.807) is 23.5 Å². The maximum atomic E-state index is 14.7. The van der Waals surface area contributed by atoms with Gasteiger partial charge in [0.2, 0.25) is 5.91 Å². The molecule has 0 bridgehead atoms. The number of ether oxygens (including phenoxy) is 1. The average molecular weight is 578 g/mol. The van der Waals surface area contributed by atoms with Gasteiger partial charge in [0, 0.05) is 55.7 Å². The Bertz CT molecular complexity index is 1230. The van der Waals surface area contributed by atoms with Gasteiger partial charge in [-0.3, -0.25) is 14.4 Å². The Morgan fingerprint density at radius 1 is 1.23 bits per heavy atom. The van der Waals surface area contributed by atoms with Crippen LogP contribution in [0.15, 0.2) is 29.6 Å². The molecule has 3 saturated heterocycles. The van der Waals surface area contributed by atoms with Crippen LogP contribution in [0, 0.1) is 0 Å². The van der Waals surface area contributed by atoms with Crippen LogP contribution in [0.2, 0.25) is 0 Å². The van der Waals surface area contributed by atoms with Crippen molar-refractivity contribution in [2.24, 2.45) is 0 Å². The molecule has 4 heterocycles. The van der Waals surface area contributed by atoms with Crippen LogP contribution < -0.4 is 10.2 Å². The largest absolute Gasteiger partial charge is 0.366 e. The number of Topliss-reactive ketones (excluding diaryl/α,β-unsaturated/α-hetero) is 1. The van der Waals surface area contributed by atoms with Gasteiger partial charge < -0.3 is 24.8 Å². The third kappa shape index (κ3) is 6.11. The SMILES string of the molecule is CN1CCN(c2nc(-c3ccc(C(=O)NC(CC(C)(C)F)C(=O)N4C[C@@H](Cl)[C@H]5OCC(=O)[C@H]54)cc3)cs2)CC1. The highest BCUT2D eigenvalue weighted by Crippen LogP contribution is 2.32. The van der Waals surface area contributed by atoms with Crippen molar-refractivity contribution >= 4 is 45.7 Å². The zero-order valence-corrected chi connectivity index (χ0v) is 23.8. The number of nitrogens with one attached hydrogen (secondary N) is 1. The number of rotatable bonds is 7. The van der Waals surface area contributed by atoms with Crippen molar-refractivity contribution in [1.82, 2.24) is 20.1 Å². The van der Waals surface area contributed by atoms with Gasteiger partial charge in [-0.1, -0.05) is 12.1 Å². The smallest absolute Gasteiger partial charge is 0.251 e. The highest BCUT2D eigenvalue weighted by Gasteiger charge is 2.53. The molecule has 39 heavy (non-hydrogen) atoms. The summed E-state index contributed by atoms with van der Waals surface area (Å²) >= 11 is 7.93. The number of fused-ring (bicyclic) bond motifs is 1. The van der Waals surface area contributed by atoms with Crippen molar-refractivity contribution in [1.29, 1.82) is 0 Å². The molecule has 0 spiro atoms. The molecule has 0 saturated carbocycles. The van der Waals surface area contributed by atoms with Crippen LogP contribution in [0.25, 0.3) is 11.3 Å². The molecule has 12 heteroatoms. The van der Waals surface area contributed by atoms with E-state index in [1.165, 1.54) is 18.7 Å². The van der Waals surface area contributed by atoms with E-state index in [2.05, 4.69) is 22.2 Å². The zero-order valence-electron chi connectivity index (χ0n) is 22.2. The fourth-order valence-electron chi connectivity index (χ4n) is 5.28. The van der Waals surface area contributed by atoms with E-state index in [9.17, 15) is 18.8 Å². The Morgan fingerprint density at radius 3 is 2.59 bits per heavy atom. The number of carbonyl (C=O) groups is 3. The van der Waals surface area contributed by atoms with E-state index in [-0.39, 0.29) is 25.4 Å². The summed E-state index contributed by atoms with van der Waals surface area (Å²) in [5, 5.41) is 5.13. The van der Waals surface area contributed by atoms with Gasteiger partial charge in [0.25, 0.3) is 5.91 Å². The molecule has 3 aliphatic heterocycles. The molecule has 2 aromatic rings. The lowest BCUT2D eigenvalue weighted by Gasteiger charge is -2.32. The van der Waals surface area contributed by atoms with Gasteiger partial charge in [-0.2, -0.15) is 0 Å². The zero-order chi connectivity index (χ0) is 27.9. The fraction of sp³-hybridized carbons (Fsp3) is 0.556. The maximum absolute atomic E-state index is 14.7. The Morgan fingerprint density at radius 2 is 1.92 bits per heavy atom. The number of amides is 2. The predicted octanol–water partition coefficient (Wildman–Crippen LogP) is 2.58. The van der Waals surface area contributed by atoms with Crippen LogP contribution >= 0.6 is 22.9 Å². The van der Waals surface area contributed by atoms with Crippen molar-refractivity contribution in [3.05, 3.63) is 35.2 Å². The second kappa shape index (κ2) is 11.1. The minimum Gasteiger partial charge on any atom is -0.366 e. The van der Waals surface area contributed by atoms with E-state index in [1.807, 2.05) is 17.5 Å². The molecular weight excluding hydrogens is 545 g/mol. The van der Waals surface area contributed by atoms with E-state index in [0.717, 1.165) is 42.6 Å². The molecular formula is C27H33ClFN5O4S. The number of alkyl halides is 2. The summed E-state index contributed by atoms with van der Waals surface area (Å²) in [6.07, 6.45) is -0.840. The fourth-order valence-corrected chi connectivity index (χ4v) is 6.53. The summed E-state index contributed by atoms with van der Waals surface area (Å²) in [7, 11) is 2.11. The van der Waals surface area contributed by atoms with Crippen LogP contribution in [0.5, 0.6) is 0 Å². The Balaban J connectivity index is 1.28. The van der Waals surface area contributed by atoms with E-state index < -0.39 is 41.0 Å². The highest BCUT2D eigenvalue weighted by atomic mass is 35.5. The summed E-state index contributed by atoms with van der Waals surface area (Å²) < 4.78 is 20.2. The van der Waals surface area contributed by atoms with Gasteiger partial charge in [0.05, 0.1) is 11.1 Å². The molecule has 3 fully saturated rings. The lowest BCUT2D eigenvalue weighted by atomic mass is 9.98. The number of hydrogen-bond acceptors (Lipinski definition) is 8. The van der Waals surface area contributed by atoms with E-state index >= 15 is 0 Å². The number of thiazole rings is 1. The predicted molar refractivity (Wildman–Crippen MR) is 148 cm³/mol. The number of ketones is 1. The van der Waals surface area contributed by atoms with Crippen LogP contribution in [0.1, 0.15) is 30.6 Å². The number of likely N-dealkylation sites (tertiary alicyclic amines) is 1. The van der Waals surface area contributed by atoms with Gasteiger partial charge in [-0.25, -0.2) is 9.37 Å². The molecule has 0 radical (unpaired) electrons. The van der Waals surface area contributed by atoms with Gasteiger partial charge in [0.1, 0.15) is 30.5 Å². The number of nitrogens with zero attached hydrogens (tertiary/aromatic N) is 4. The molecule has 1 N–H and O–H groups in total. The summed E-state index contributed by atoms with van der Waals surface area (Å²) in [4.78, 5) is 49.7. The molecule has 9 nitrogen and oxygen atoms in total. The van der Waals surface area contributed by atoms with Crippen molar-refractivity contribution in [3.63, 3.8) is 0 Å². The first-order valence-electron chi connectivity index (χ1n) is 13.1. The molecule has 1 aromatic carbocycles. The number of benzene rings is 1. The second-order valence-electron chi connectivity index (χ2n) is 11.0. The van der Waals surface area contributed by atoms with Crippen LogP contribution in [-0.4, -0.2) is 108 Å². The Hall–Kier alpha value is -2.60. The van der Waals surface area contributed by atoms with Crippen LogP contribution in [0.4, 0.5) is 9.52 Å². The second-order valence-corrected chi connectivity index (χ2v) is 12.4. The molecule has 0 aliphatic carbocycles. The number of carbonyl (C=O) groups excluding carboxylic acids is 3. The molecule has 1 aromatic heterocycles. The van der Waals surface area contributed by atoms with Gasteiger partial charge in [-0.15, -0.1) is 22.9 Å². The van der Waals surface area contributed by atoms with Crippen LogP contribution in [0.3, 0.4) is 0 Å². The Labute approximate surface area is 236 Å². The molecule has 4 atom stereocenters.